The van der Waals surface area contributed by atoms with Crippen molar-refractivity contribution in [1.29, 1.82) is 0 Å². The number of aliphatic hydroxyl groups is 1. The molecular weight excluding hydrogens is 316 g/mol. The van der Waals surface area contributed by atoms with Crippen molar-refractivity contribution < 1.29 is 19.4 Å². The smallest absolute Gasteiger partial charge is 0.302 e. The molecule has 0 unspecified atom stereocenters. The van der Waals surface area contributed by atoms with Crippen molar-refractivity contribution in [3.8, 4) is 0 Å². The number of esters is 1. The summed E-state index contributed by atoms with van der Waals surface area (Å²) < 4.78 is 5.44. The molecule has 4 aliphatic rings. The molecule has 4 rings (SSSR count). The first-order chi connectivity index (χ1) is 11.7. The van der Waals surface area contributed by atoms with E-state index in [0.29, 0.717) is 30.0 Å². The largest absolute Gasteiger partial charge is 0.462 e. The van der Waals surface area contributed by atoms with Crippen LogP contribution in [-0.2, 0) is 14.3 Å². The molecule has 4 fully saturated rings. The van der Waals surface area contributed by atoms with Crippen LogP contribution in [0.25, 0.3) is 0 Å². The van der Waals surface area contributed by atoms with Crippen molar-refractivity contribution in [3.05, 3.63) is 0 Å². The van der Waals surface area contributed by atoms with E-state index in [1.54, 1.807) is 0 Å². The molecule has 0 radical (unpaired) electrons. The summed E-state index contributed by atoms with van der Waals surface area (Å²) in [6.07, 6.45) is 7.82. The van der Waals surface area contributed by atoms with Crippen LogP contribution in [0.5, 0.6) is 0 Å². The summed E-state index contributed by atoms with van der Waals surface area (Å²) in [5.74, 6) is 1.80. The van der Waals surface area contributed by atoms with Crippen LogP contribution in [-0.4, -0.2) is 28.6 Å². The SMILES string of the molecule is CC(=O)O[C@H]1CC[C@]2(C)[C@H]3CC[C@]4(C)C(=O)CC[C@H]4[C@@H]3CC[C@]2(O)C1. The zero-order valence-electron chi connectivity index (χ0n) is 15.8. The molecule has 25 heavy (non-hydrogen) atoms. The molecule has 140 valence electrons. The zero-order chi connectivity index (χ0) is 18.0. The second-order valence-electron chi connectivity index (χ2n) is 9.76. The Hall–Kier alpha value is -0.900. The Morgan fingerprint density at radius 3 is 2.56 bits per heavy atom. The molecule has 4 heteroatoms. The van der Waals surface area contributed by atoms with E-state index in [2.05, 4.69) is 13.8 Å². The molecular formula is C21H32O4. The lowest BCUT2D eigenvalue weighted by atomic mass is 9.43. The standard InChI is InChI=1S/C21H32O4/c1-13(22)25-14-6-10-20(3)17-8-9-19(2)16(4-5-18(19)23)15(17)7-11-21(20,24)12-14/h14-17,24H,4-12H2,1-3H3/t14-,15-,16-,17-,19-,20+,21-/m0/s1. The van der Waals surface area contributed by atoms with Crippen LogP contribution < -0.4 is 0 Å². The van der Waals surface area contributed by atoms with Gasteiger partial charge in [0.1, 0.15) is 11.9 Å². The number of hydrogen-bond acceptors (Lipinski definition) is 4. The molecule has 0 amide bonds. The first kappa shape index (κ1) is 17.5. The van der Waals surface area contributed by atoms with E-state index in [-0.39, 0.29) is 22.9 Å². The molecule has 4 saturated carbocycles. The van der Waals surface area contributed by atoms with Crippen molar-refractivity contribution >= 4 is 11.8 Å². The van der Waals surface area contributed by atoms with Gasteiger partial charge in [-0.15, -0.1) is 0 Å². The predicted octanol–water partition coefficient (Wildman–Crippen LogP) is 3.64. The molecule has 0 aromatic rings. The fourth-order valence-electron chi connectivity index (χ4n) is 7.32. The van der Waals surface area contributed by atoms with E-state index in [1.165, 1.54) is 6.92 Å². The van der Waals surface area contributed by atoms with Gasteiger partial charge < -0.3 is 9.84 Å². The van der Waals surface area contributed by atoms with Crippen LogP contribution in [0.3, 0.4) is 0 Å². The number of hydrogen-bond donors (Lipinski definition) is 1. The molecule has 0 heterocycles. The molecule has 0 aliphatic heterocycles. The highest BCUT2D eigenvalue weighted by molar-refractivity contribution is 5.87. The van der Waals surface area contributed by atoms with E-state index in [0.717, 1.165) is 51.4 Å². The molecule has 1 N–H and O–H groups in total. The van der Waals surface area contributed by atoms with Crippen molar-refractivity contribution in [2.75, 3.05) is 0 Å². The monoisotopic (exact) mass is 348 g/mol. The average Bonchev–Trinajstić information content (AvgIpc) is 2.84. The molecule has 0 aromatic heterocycles. The zero-order valence-corrected chi connectivity index (χ0v) is 15.8. The molecule has 0 saturated heterocycles. The van der Waals surface area contributed by atoms with Crippen LogP contribution in [0.1, 0.15) is 78.6 Å². The van der Waals surface area contributed by atoms with Gasteiger partial charge in [0.05, 0.1) is 5.60 Å². The Morgan fingerprint density at radius 2 is 1.84 bits per heavy atom. The number of ether oxygens (including phenoxy) is 1. The molecule has 7 atom stereocenters. The molecule has 0 spiro atoms. The Kier molecular flexibility index (Phi) is 3.89. The van der Waals surface area contributed by atoms with Crippen LogP contribution in [0.2, 0.25) is 0 Å². The Morgan fingerprint density at radius 1 is 1.08 bits per heavy atom. The third-order valence-corrected chi connectivity index (χ3v) is 8.80. The minimum absolute atomic E-state index is 0.109. The maximum atomic E-state index is 12.5. The highest BCUT2D eigenvalue weighted by atomic mass is 16.5. The summed E-state index contributed by atoms with van der Waals surface area (Å²) >= 11 is 0. The summed E-state index contributed by atoms with van der Waals surface area (Å²) in [4.78, 5) is 23.8. The topological polar surface area (TPSA) is 63.6 Å². The van der Waals surface area contributed by atoms with E-state index in [1.807, 2.05) is 0 Å². The number of ketones is 1. The van der Waals surface area contributed by atoms with E-state index in [4.69, 9.17) is 4.74 Å². The predicted molar refractivity (Wildman–Crippen MR) is 93.7 cm³/mol. The van der Waals surface area contributed by atoms with Gasteiger partial charge in [0.15, 0.2) is 0 Å². The number of carbonyl (C=O) groups is 2. The first-order valence-electron chi connectivity index (χ1n) is 10.1. The van der Waals surface area contributed by atoms with Crippen molar-refractivity contribution in [2.24, 2.45) is 28.6 Å². The Balaban J connectivity index is 1.60. The lowest BCUT2D eigenvalue weighted by molar-refractivity contribution is -0.221. The van der Waals surface area contributed by atoms with Gasteiger partial charge in [0, 0.05) is 25.2 Å². The fourth-order valence-corrected chi connectivity index (χ4v) is 7.32. The third kappa shape index (κ3) is 2.35. The maximum Gasteiger partial charge on any atom is 0.302 e. The van der Waals surface area contributed by atoms with Crippen molar-refractivity contribution in [3.63, 3.8) is 0 Å². The highest BCUT2D eigenvalue weighted by Crippen LogP contribution is 2.66. The summed E-state index contributed by atoms with van der Waals surface area (Å²) in [6, 6.07) is 0. The Bertz CT molecular complexity index is 601. The molecule has 4 aliphatic carbocycles. The molecule has 0 aromatic carbocycles. The van der Waals surface area contributed by atoms with E-state index < -0.39 is 5.60 Å². The summed E-state index contributed by atoms with van der Waals surface area (Å²) in [6.45, 7) is 5.92. The fraction of sp³-hybridized carbons (Fsp3) is 0.905. The Labute approximate surface area is 150 Å². The molecule has 0 bridgehead atoms. The quantitative estimate of drug-likeness (QED) is 0.735. The summed E-state index contributed by atoms with van der Waals surface area (Å²) in [7, 11) is 0. The van der Waals surface area contributed by atoms with Crippen LogP contribution in [0.15, 0.2) is 0 Å². The van der Waals surface area contributed by atoms with Crippen LogP contribution in [0, 0.1) is 28.6 Å². The van der Waals surface area contributed by atoms with Gasteiger partial charge in [0.2, 0.25) is 0 Å². The van der Waals surface area contributed by atoms with Crippen molar-refractivity contribution in [1.82, 2.24) is 0 Å². The van der Waals surface area contributed by atoms with Gasteiger partial charge in [-0.3, -0.25) is 9.59 Å². The lowest BCUT2D eigenvalue weighted by Crippen LogP contribution is -2.63. The van der Waals surface area contributed by atoms with Crippen molar-refractivity contribution in [2.45, 2.75) is 90.3 Å². The van der Waals surface area contributed by atoms with E-state index in [9.17, 15) is 14.7 Å². The second kappa shape index (κ2) is 5.55. The third-order valence-electron chi connectivity index (χ3n) is 8.80. The average molecular weight is 348 g/mol. The van der Waals surface area contributed by atoms with E-state index >= 15 is 0 Å². The first-order valence-corrected chi connectivity index (χ1v) is 10.1. The number of fused-ring (bicyclic) bond motifs is 5. The van der Waals surface area contributed by atoms with Gasteiger partial charge in [-0.25, -0.2) is 0 Å². The van der Waals surface area contributed by atoms with Gasteiger partial charge in [-0.2, -0.15) is 0 Å². The maximum absolute atomic E-state index is 12.5. The van der Waals surface area contributed by atoms with Gasteiger partial charge >= 0.3 is 5.97 Å². The minimum atomic E-state index is -0.733. The normalized spacial score (nSPS) is 52.1. The minimum Gasteiger partial charge on any atom is -0.462 e. The summed E-state index contributed by atoms with van der Waals surface area (Å²) in [5, 5.41) is 11.6. The van der Waals surface area contributed by atoms with Crippen LogP contribution >= 0.6 is 0 Å². The number of Topliss-reactive ketones (excluding diaryl/α,β-unsaturated/α-hetero) is 1. The lowest BCUT2D eigenvalue weighted by Gasteiger charge is -2.63. The second-order valence-corrected chi connectivity index (χ2v) is 9.76. The summed E-state index contributed by atoms with van der Waals surface area (Å²) in [5.41, 5.74) is -0.954. The number of carbonyl (C=O) groups excluding carboxylic acids is 2. The van der Waals surface area contributed by atoms with Crippen LogP contribution in [0.4, 0.5) is 0 Å². The molecule has 4 nitrogen and oxygen atoms in total. The van der Waals surface area contributed by atoms with Gasteiger partial charge in [-0.1, -0.05) is 13.8 Å². The van der Waals surface area contributed by atoms with Gasteiger partial charge in [-0.05, 0) is 68.1 Å². The number of rotatable bonds is 1. The van der Waals surface area contributed by atoms with Gasteiger partial charge in [0.25, 0.3) is 0 Å². The highest BCUT2D eigenvalue weighted by Gasteiger charge is 2.64.